The number of hydrogen-bond donors (Lipinski definition) is 1. The van der Waals surface area contributed by atoms with Crippen LogP contribution in [0.25, 0.3) is 0 Å². The minimum absolute atomic E-state index is 0.0379. The molecule has 0 saturated carbocycles. The molecule has 2 atom stereocenters. The molecule has 0 spiro atoms. The van der Waals surface area contributed by atoms with Crippen LogP contribution >= 0.6 is 15.9 Å². The van der Waals surface area contributed by atoms with Gasteiger partial charge in [0.25, 0.3) is 0 Å². The van der Waals surface area contributed by atoms with Gasteiger partial charge in [0.1, 0.15) is 12.6 Å². The van der Waals surface area contributed by atoms with Gasteiger partial charge in [-0.05, 0) is 60.8 Å². The fourth-order valence-corrected chi connectivity index (χ4v) is 4.66. The molecule has 0 aromatic heterocycles. The van der Waals surface area contributed by atoms with Crippen molar-refractivity contribution in [1.29, 1.82) is 0 Å². The molecule has 33 heavy (non-hydrogen) atoms. The number of benzene rings is 2. The summed E-state index contributed by atoms with van der Waals surface area (Å²) in [6.45, 7) is 7.25. The number of nitrogens with zero attached hydrogens (tertiary/aromatic N) is 2. The highest BCUT2D eigenvalue weighted by Gasteiger charge is 2.31. The molecule has 0 aliphatic heterocycles. The Hall–Kier alpha value is -2.39. The van der Waals surface area contributed by atoms with Crippen LogP contribution in [-0.4, -0.2) is 50.0 Å². The highest BCUT2D eigenvalue weighted by Crippen LogP contribution is 2.28. The number of aryl methyl sites for hydroxylation is 1. The van der Waals surface area contributed by atoms with Crippen LogP contribution in [0.4, 0.5) is 5.69 Å². The first-order valence-corrected chi connectivity index (χ1v) is 13.5. The fourth-order valence-electron chi connectivity index (χ4n) is 3.19. The highest BCUT2D eigenvalue weighted by molar-refractivity contribution is 9.10. The lowest BCUT2D eigenvalue weighted by atomic mass is 10.1. The van der Waals surface area contributed by atoms with Crippen LogP contribution in [0.15, 0.2) is 53.0 Å². The van der Waals surface area contributed by atoms with E-state index in [1.54, 1.807) is 31.2 Å². The van der Waals surface area contributed by atoms with E-state index in [1.165, 1.54) is 4.90 Å². The average molecular weight is 539 g/mol. The quantitative estimate of drug-likeness (QED) is 0.498. The maximum Gasteiger partial charge on any atom is 0.244 e. The third kappa shape index (κ3) is 7.57. The molecule has 7 nitrogen and oxygen atoms in total. The maximum absolute atomic E-state index is 13.5. The van der Waals surface area contributed by atoms with E-state index in [4.69, 9.17) is 0 Å². The van der Waals surface area contributed by atoms with Crippen molar-refractivity contribution < 1.29 is 18.0 Å². The van der Waals surface area contributed by atoms with Crippen molar-refractivity contribution >= 4 is 43.5 Å². The number of carbonyl (C=O) groups excluding carboxylic acids is 2. The number of carbonyl (C=O) groups is 2. The summed E-state index contributed by atoms with van der Waals surface area (Å²) in [4.78, 5) is 27.8. The van der Waals surface area contributed by atoms with Gasteiger partial charge in [-0.3, -0.25) is 13.9 Å². The van der Waals surface area contributed by atoms with E-state index in [-0.39, 0.29) is 18.5 Å². The second-order valence-electron chi connectivity index (χ2n) is 8.22. The minimum Gasteiger partial charge on any atom is -0.352 e. The molecular weight excluding hydrogens is 506 g/mol. The first kappa shape index (κ1) is 26.9. The Morgan fingerprint density at radius 1 is 1.06 bits per heavy atom. The maximum atomic E-state index is 13.5. The molecule has 0 saturated heterocycles. The van der Waals surface area contributed by atoms with Gasteiger partial charge in [0.15, 0.2) is 0 Å². The van der Waals surface area contributed by atoms with E-state index in [0.717, 1.165) is 28.1 Å². The van der Waals surface area contributed by atoms with Gasteiger partial charge in [0, 0.05) is 17.1 Å². The Kier molecular flexibility index (Phi) is 9.48. The molecule has 180 valence electrons. The molecule has 0 fully saturated rings. The zero-order valence-electron chi connectivity index (χ0n) is 19.7. The Morgan fingerprint density at radius 3 is 2.21 bits per heavy atom. The van der Waals surface area contributed by atoms with Crippen LogP contribution in [0, 0.1) is 6.92 Å². The van der Waals surface area contributed by atoms with Crippen molar-refractivity contribution in [2.24, 2.45) is 0 Å². The molecule has 0 aliphatic carbocycles. The first-order valence-electron chi connectivity index (χ1n) is 10.8. The Labute approximate surface area is 205 Å². The van der Waals surface area contributed by atoms with Crippen molar-refractivity contribution in [3.8, 4) is 0 Å². The zero-order valence-corrected chi connectivity index (χ0v) is 22.1. The van der Waals surface area contributed by atoms with Gasteiger partial charge in [-0.15, -0.1) is 0 Å². The molecule has 2 rings (SSSR count). The molecule has 1 N–H and O–H groups in total. The van der Waals surface area contributed by atoms with Gasteiger partial charge < -0.3 is 10.2 Å². The van der Waals surface area contributed by atoms with Gasteiger partial charge in [0.05, 0.1) is 11.9 Å². The number of halogens is 1. The fraction of sp³-hybridized carbons (Fsp3) is 0.417. The predicted octanol–water partition coefficient (Wildman–Crippen LogP) is 3.86. The van der Waals surface area contributed by atoms with Crippen molar-refractivity contribution in [3.63, 3.8) is 0 Å². The summed E-state index contributed by atoms with van der Waals surface area (Å²) in [5.41, 5.74) is 2.29. The third-order valence-electron chi connectivity index (χ3n) is 5.44. The highest BCUT2D eigenvalue weighted by atomic mass is 79.9. The molecule has 0 aliphatic rings. The minimum atomic E-state index is -3.76. The summed E-state index contributed by atoms with van der Waals surface area (Å²) in [7, 11) is -3.76. The van der Waals surface area contributed by atoms with E-state index in [0.29, 0.717) is 10.2 Å². The van der Waals surface area contributed by atoms with Crippen molar-refractivity contribution in [2.45, 2.75) is 52.7 Å². The first-order chi connectivity index (χ1) is 15.4. The average Bonchev–Trinajstić information content (AvgIpc) is 2.76. The lowest BCUT2D eigenvalue weighted by molar-refractivity contribution is -0.139. The number of anilines is 1. The molecule has 0 radical (unpaired) electrons. The topological polar surface area (TPSA) is 86.8 Å². The summed E-state index contributed by atoms with van der Waals surface area (Å²) in [6.07, 6.45) is 1.82. The van der Waals surface area contributed by atoms with Crippen LogP contribution in [-0.2, 0) is 26.2 Å². The van der Waals surface area contributed by atoms with Crippen LogP contribution in [0.3, 0.4) is 0 Å². The molecular formula is C24H32BrN3O4S. The molecule has 0 heterocycles. The summed E-state index contributed by atoms with van der Waals surface area (Å²) < 4.78 is 26.8. The second kappa shape index (κ2) is 11.7. The number of sulfonamides is 1. The summed E-state index contributed by atoms with van der Waals surface area (Å²) in [5, 5.41) is 2.91. The third-order valence-corrected chi connectivity index (χ3v) is 7.24. The van der Waals surface area contributed by atoms with Crippen molar-refractivity contribution in [3.05, 3.63) is 64.1 Å². The van der Waals surface area contributed by atoms with Gasteiger partial charge in [0.2, 0.25) is 21.8 Å². The van der Waals surface area contributed by atoms with Gasteiger partial charge in [-0.1, -0.05) is 48.9 Å². The van der Waals surface area contributed by atoms with E-state index >= 15 is 0 Å². The molecule has 0 unspecified atom stereocenters. The Morgan fingerprint density at radius 2 is 1.67 bits per heavy atom. The predicted molar refractivity (Wildman–Crippen MR) is 135 cm³/mol. The standard InChI is InChI=1S/C24H32BrN3O4S/c1-6-18(3)26-24(30)19(4)27(15-20-13-11-17(2)12-14-20)23(29)16-28(33(5,31)32)22-10-8-7-9-21(22)25/h7-14,18-19H,6,15-16H2,1-5H3,(H,26,30)/t18-,19-/m0/s1. The smallest absolute Gasteiger partial charge is 0.244 e. The molecule has 2 amide bonds. The number of para-hydroxylation sites is 1. The second-order valence-corrected chi connectivity index (χ2v) is 11.0. The van der Waals surface area contributed by atoms with Gasteiger partial charge in [-0.25, -0.2) is 8.42 Å². The van der Waals surface area contributed by atoms with Crippen LogP contribution in [0.5, 0.6) is 0 Å². The summed E-state index contributed by atoms with van der Waals surface area (Å²) >= 11 is 3.37. The number of amides is 2. The van der Waals surface area contributed by atoms with Crippen LogP contribution < -0.4 is 9.62 Å². The normalized spacial score (nSPS) is 13.2. The zero-order chi connectivity index (χ0) is 24.8. The van der Waals surface area contributed by atoms with Crippen molar-refractivity contribution in [2.75, 3.05) is 17.1 Å². The van der Waals surface area contributed by atoms with E-state index in [2.05, 4.69) is 21.2 Å². The molecule has 9 heteroatoms. The Bertz CT molecular complexity index is 1070. The van der Waals surface area contributed by atoms with E-state index in [9.17, 15) is 18.0 Å². The monoisotopic (exact) mass is 537 g/mol. The molecule has 0 bridgehead atoms. The van der Waals surface area contributed by atoms with E-state index in [1.807, 2.05) is 45.0 Å². The van der Waals surface area contributed by atoms with Crippen molar-refractivity contribution in [1.82, 2.24) is 10.2 Å². The molecule has 2 aromatic rings. The molecule has 2 aromatic carbocycles. The largest absolute Gasteiger partial charge is 0.352 e. The van der Waals surface area contributed by atoms with E-state index < -0.39 is 28.5 Å². The number of hydrogen-bond acceptors (Lipinski definition) is 4. The van der Waals surface area contributed by atoms with Gasteiger partial charge >= 0.3 is 0 Å². The SMILES string of the molecule is CC[C@H](C)NC(=O)[C@H](C)N(Cc1ccc(C)cc1)C(=O)CN(c1ccccc1Br)S(C)(=O)=O. The number of nitrogens with one attached hydrogen (secondary N) is 1. The summed E-state index contributed by atoms with van der Waals surface area (Å²) in [5.74, 6) is -0.750. The number of rotatable bonds is 10. The lowest BCUT2D eigenvalue weighted by Crippen LogP contribution is -2.52. The lowest BCUT2D eigenvalue weighted by Gasteiger charge is -2.32. The summed E-state index contributed by atoms with van der Waals surface area (Å²) in [6, 6.07) is 13.7. The van der Waals surface area contributed by atoms with Crippen LogP contribution in [0.1, 0.15) is 38.3 Å². The Balaban J connectivity index is 2.39. The van der Waals surface area contributed by atoms with Crippen LogP contribution in [0.2, 0.25) is 0 Å². The van der Waals surface area contributed by atoms with Gasteiger partial charge in [-0.2, -0.15) is 0 Å².